The number of hydrogen-bond acceptors (Lipinski definition) is 4. The van der Waals surface area contributed by atoms with Crippen molar-refractivity contribution in [3.63, 3.8) is 0 Å². The summed E-state index contributed by atoms with van der Waals surface area (Å²) < 4.78 is 5.52. The van der Waals surface area contributed by atoms with Crippen molar-refractivity contribution in [3.8, 4) is 5.75 Å². The van der Waals surface area contributed by atoms with E-state index in [-0.39, 0.29) is 11.8 Å². The lowest BCUT2D eigenvalue weighted by atomic mass is 9.83. The smallest absolute Gasteiger partial charge is 0.220 e. The molecule has 1 saturated heterocycles. The standard InChI is InChI=1S/C26H29N3O3/c1-18-6-5-15-27-22(18)17-28-24(30)11-13-26(14-12-25(31)29-26)16-19-9-10-23(32-2)21-8-4-3-7-20(19)21/h3-10,15H,11-14,16-17H2,1-2H3,(H,28,30)(H,29,31). The number of carbonyl (C=O) groups is 2. The van der Waals surface area contributed by atoms with Crippen LogP contribution in [-0.4, -0.2) is 29.4 Å². The summed E-state index contributed by atoms with van der Waals surface area (Å²) in [5.41, 5.74) is 2.65. The summed E-state index contributed by atoms with van der Waals surface area (Å²) in [6.07, 6.45) is 4.56. The van der Waals surface area contributed by atoms with Gasteiger partial charge in [-0.3, -0.25) is 14.6 Å². The van der Waals surface area contributed by atoms with Crippen molar-refractivity contribution in [1.82, 2.24) is 15.6 Å². The zero-order valence-electron chi connectivity index (χ0n) is 18.6. The maximum atomic E-state index is 12.6. The molecule has 1 aromatic heterocycles. The van der Waals surface area contributed by atoms with E-state index in [2.05, 4.69) is 27.8 Å². The molecule has 2 amide bonds. The first-order valence-corrected chi connectivity index (χ1v) is 11.0. The third-order valence-corrected chi connectivity index (χ3v) is 6.36. The summed E-state index contributed by atoms with van der Waals surface area (Å²) in [6, 6.07) is 16.0. The largest absolute Gasteiger partial charge is 0.496 e. The summed E-state index contributed by atoms with van der Waals surface area (Å²) in [5.74, 6) is 0.848. The Balaban J connectivity index is 1.48. The molecule has 166 valence electrons. The molecule has 1 unspecified atom stereocenters. The highest BCUT2D eigenvalue weighted by Gasteiger charge is 2.38. The molecule has 2 heterocycles. The number of carbonyl (C=O) groups excluding carboxylic acids is 2. The van der Waals surface area contributed by atoms with Gasteiger partial charge in [0.1, 0.15) is 5.75 Å². The average molecular weight is 432 g/mol. The molecule has 32 heavy (non-hydrogen) atoms. The van der Waals surface area contributed by atoms with Gasteiger partial charge in [0, 0.05) is 30.0 Å². The first kappa shape index (κ1) is 21.8. The second-order valence-electron chi connectivity index (χ2n) is 8.52. The Morgan fingerprint density at radius 2 is 1.97 bits per heavy atom. The van der Waals surface area contributed by atoms with Crippen molar-refractivity contribution in [3.05, 3.63) is 71.5 Å². The van der Waals surface area contributed by atoms with Crippen LogP contribution < -0.4 is 15.4 Å². The molecule has 0 spiro atoms. The van der Waals surface area contributed by atoms with E-state index in [0.717, 1.165) is 39.8 Å². The number of nitrogens with one attached hydrogen (secondary N) is 2. The first-order chi connectivity index (χ1) is 15.5. The Hall–Kier alpha value is -3.41. The van der Waals surface area contributed by atoms with Crippen LogP contribution in [0.15, 0.2) is 54.7 Å². The van der Waals surface area contributed by atoms with Gasteiger partial charge < -0.3 is 15.4 Å². The average Bonchev–Trinajstić information content (AvgIpc) is 3.18. The summed E-state index contributed by atoms with van der Waals surface area (Å²) in [5, 5.41) is 8.32. The number of nitrogens with zero attached hydrogens (tertiary/aromatic N) is 1. The highest BCUT2D eigenvalue weighted by atomic mass is 16.5. The number of rotatable bonds is 8. The molecule has 0 radical (unpaired) electrons. The monoisotopic (exact) mass is 431 g/mol. The predicted molar refractivity (Wildman–Crippen MR) is 124 cm³/mol. The van der Waals surface area contributed by atoms with E-state index in [1.54, 1.807) is 13.3 Å². The Bertz CT molecular complexity index is 1140. The van der Waals surface area contributed by atoms with Gasteiger partial charge in [0.15, 0.2) is 0 Å². The third kappa shape index (κ3) is 4.74. The van der Waals surface area contributed by atoms with Gasteiger partial charge in [-0.1, -0.05) is 36.4 Å². The molecule has 2 aromatic carbocycles. The van der Waals surface area contributed by atoms with Crippen LogP contribution in [0.5, 0.6) is 5.75 Å². The van der Waals surface area contributed by atoms with Crippen LogP contribution >= 0.6 is 0 Å². The molecule has 6 nitrogen and oxygen atoms in total. The van der Waals surface area contributed by atoms with E-state index in [0.29, 0.717) is 32.2 Å². The van der Waals surface area contributed by atoms with Crippen LogP contribution in [0.2, 0.25) is 0 Å². The van der Waals surface area contributed by atoms with Crippen molar-refractivity contribution in [2.45, 2.75) is 51.1 Å². The number of amides is 2. The predicted octanol–water partition coefficient (Wildman–Crippen LogP) is 3.84. The van der Waals surface area contributed by atoms with Crippen LogP contribution in [0.1, 0.15) is 42.5 Å². The molecule has 1 aliphatic rings. The van der Waals surface area contributed by atoms with Crippen LogP contribution in [0.4, 0.5) is 0 Å². The molecular formula is C26H29N3O3. The van der Waals surface area contributed by atoms with Gasteiger partial charge >= 0.3 is 0 Å². The lowest BCUT2D eigenvalue weighted by molar-refractivity contribution is -0.122. The number of fused-ring (bicyclic) bond motifs is 1. The van der Waals surface area contributed by atoms with Crippen molar-refractivity contribution < 1.29 is 14.3 Å². The zero-order valence-corrected chi connectivity index (χ0v) is 18.6. The lowest BCUT2D eigenvalue weighted by Gasteiger charge is -2.30. The normalized spacial score (nSPS) is 17.9. The van der Waals surface area contributed by atoms with Gasteiger partial charge in [0.2, 0.25) is 11.8 Å². The molecule has 3 aromatic rings. The Morgan fingerprint density at radius 3 is 2.69 bits per heavy atom. The SMILES string of the molecule is COc1ccc(CC2(CCC(=O)NCc3ncccc3C)CCC(=O)N2)c2ccccc12. The molecule has 1 atom stereocenters. The summed E-state index contributed by atoms with van der Waals surface area (Å²) in [7, 11) is 1.67. The van der Waals surface area contributed by atoms with Crippen LogP contribution in [0, 0.1) is 6.92 Å². The minimum absolute atomic E-state index is 0.0323. The molecule has 0 aliphatic carbocycles. The molecule has 1 fully saturated rings. The molecule has 1 aliphatic heterocycles. The fourth-order valence-corrected chi connectivity index (χ4v) is 4.54. The summed E-state index contributed by atoms with van der Waals surface area (Å²) >= 11 is 0. The topological polar surface area (TPSA) is 80.3 Å². The van der Waals surface area contributed by atoms with Crippen molar-refractivity contribution >= 4 is 22.6 Å². The summed E-state index contributed by atoms with van der Waals surface area (Å²) in [4.78, 5) is 29.1. The Morgan fingerprint density at radius 1 is 1.16 bits per heavy atom. The molecule has 6 heteroatoms. The van der Waals surface area contributed by atoms with Crippen LogP contribution in [0.25, 0.3) is 10.8 Å². The molecule has 0 saturated carbocycles. The van der Waals surface area contributed by atoms with Gasteiger partial charge in [-0.15, -0.1) is 0 Å². The summed E-state index contributed by atoms with van der Waals surface area (Å²) in [6.45, 7) is 2.39. The van der Waals surface area contributed by atoms with Crippen LogP contribution in [-0.2, 0) is 22.6 Å². The molecular weight excluding hydrogens is 402 g/mol. The van der Waals surface area contributed by atoms with Crippen molar-refractivity contribution in [1.29, 1.82) is 0 Å². The minimum Gasteiger partial charge on any atom is -0.496 e. The molecule has 0 bridgehead atoms. The van der Waals surface area contributed by atoms with Crippen molar-refractivity contribution in [2.24, 2.45) is 0 Å². The van der Waals surface area contributed by atoms with Gasteiger partial charge in [0.25, 0.3) is 0 Å². The van der Waals surface area contributed by atoms with E-state index in [4.69, 9.17) is 4.74 Å². The highest BCUT2D eigenvalue weighted by molar-refractivity contribution is 5.91. The molecule has 4 rings (SSSR count). The van der Waals surface area contributed by atoms with E-state index in [9.17, 15) is 9.59 Å². The quantitative estimate of drug-likeness (QED) is 0.568. The van der Waals surface area contributed by atoms with E-state index < -0.39 is 5.54 Å². The Labute approximate surface area is 188 Å². The number of aromatic nitrogens is 1. The number of ether oxygens (including phenoxy) is 1. The maximum absolute atomic E-state index is 12.6. The van der Waals surface area contributed by atoms with Gasteiger partial charge in [0.05, 0.1) is 19.3 Å². The van der Waals surface area contributed by atoms with Gasteiger partial charge in [-0.2, -0.15) is 0 Å². The van der Waals surface area contributed by atoms with Crippen molar-refractivity contribution in [2.75, 3.05) is 7.11 Å². The molecule has 2 N–H and O–H groups in total. The number of hydrogen-bond donors (Lipinski definition) is 2. The van der Waals surface area contributed by atoms with E-state index in [1.165, 1.54) is 0 Å². The third-order valence-electron chi connectivity index (χ3n) is 6.36. The van der Waals surface area contributed by atoms with E-state index in [1.807, 2.05) is 43.3 Å². The number of aryl methyl sites for hydroxylation is 1. The van der Waals surface area contributed by atoms with E-state index >= 15 is 0 Å². The first-order valence-electron chi connectivity index (χ1n) is 11.0. The fraction of sp³-hybridized carbons (Fsp3) is 0.346. The second-order valence-corrected chi connectivity index (χ2v) is 8.52. The van der Waals surface area contributed by atoms with Crippen LogP contribution in [0.3, 0.4) is 0 Å². The van der Waals surface area contributed by atoms with Gasteiger partial charge in [-0.25, -0.2) is 0 Å². The number of pyridine rings is 1. The number of benzene rings is 2. The fourth-order valence-electron chi connectivity index (χ4n) is 4.54. The van der Waals surface area contributed by atoms with Gasteiger partial charge in [-0.05, 0) is 54.8 Å². The highest BCUT2D eigenvalue weighted by Crippen LogP contribution is 2.34. The second kappa shape index (κ2) is 9.39. The lowest BCUT2D eigenvalue weighted by Crippen LogP contribution is -2.44. The Kier molecular flexibility index (Phi) is 6.40. The zero-order chi connectivity index (χ0) is 22.6. The maximum Gasteiger partial charge on any atom is 0.220 e. The number of methoxy groups -OCH3 is 1. The minimum atomic E-state index is -0.424.